The standard InChI is InChI=1S/C20H29NO2/c1-3-16(4-2)20(22)17-10-18-13-23-14-19(11-17)21(18)12-15-8-6-5-7-9-15/h5-9,16-19H,3-4,10-14H2,1-2H3. The first-order chi connectivity index (χ1) is 11.2. The number of fused-ring (bicyclic) bond motifs is 2. The highest BCUT2D eigenvalue weighted by molar-refractivity contribution is 5.83. The summed E-state index contributed by atoms with van der Waals surface area (Å²) in [5.74, 6) is 0.999. The number of Topliss-reactive ketones (excluding diaryl/α,β-unsaturated/α-hetero) is 1. The van der Waals surface area contributed by atoms with E-state index in [1.54, 1.807) is 0 Å². The van der Waals surface area contributed by atoms with E-state index in [-0.39, 0.29) is 11.8 Å². The van der Waals surface area contributed by atoms with E-state index >= 15 is 0 Å². The normalized spacial score (nSPS) is 28.0. The van der Waals surface area contributed by atoms with Gasteiger partial charge in [-0.15, -0.1) is 0 Å². The molecule has 1 aromatic rings. The van der Waals surface area contributed by atoms with Gasteiger partial charge < -0.3 is 4.74 Å². The molecule has 2 heterocycles. The van der Waals surface area contributed by atoms with Crippen molar-refractivity contribution in [2.45, 2.75) is 58.2 Å². The minimum atomic E-state index is 0.242. The summed E-state index contributed by atoms with van der Waals surface area (Å²) in [5.41, 5.74) is 1.36. The number of piperidine rings is 1. The second-order valence-corrected chi connectivity index (χ2v) is 7.09. The maximum Gasteiger partial charge on any atom is 0.139 e. The molecule has 3 rings (SSSR count). The molecule has 0 spiro atoms. The van der Waals surface area contributed by atoms with Crippen LogP contribution in [0.2, 0.25) is 0 Å². The summed E-state index contributed by atoms with van der Waals surface area (Å²) in [6, 6.07) is 11.4. The van der Waals surface area contributed by atoms with Crippen LogP contribution in [0.25, 0.3) is 0 Å². The average molecular weight is 315 g/mol. The molecule has 0 aromatic heterocycles. The number of morpholine rings is 1. The Morgan fingerprint density at radius 2 is 1.74 bits per heavy atom. The Kier molecular flexibility index (Phi) is 5.50. The third kappa shape index (κ3) is 3.67. The first-order valence-electron chi connectivity index (χ1n) is 9.14. The van der Waals surface area contributed by atoms with E-state index in [0.29, 0.717) is 17.9 Å². The minimum absolute atomic E-state index is 0.242. The number of ether oxygens (including phenoxy) is 1. The second-order valence-electron chi connectivity index (χ2n) is 7.09. The SMILES string of the molecule is CCC(CC)C(=O)C1CC2COCC(C1)N2Cc1ccccc1. The molecule has 126 valence electrons. The molecule has 1 aromatic carbocycles. The zero-order chi connectivity index (χ0) is 16.2. The molecule has 0 amide bonds. The molecule has 2 saturated heterocycles. The fraction of sp³-hybridized carbons (Fsp3) is 0.650. The molecular weight excluding hydrogens is 286 g/mol. The highest BCUT2D eigenvalue weighted by atomic mass is 16.5. The van der Waals surface area contributed by atoms with Crippen LogP contribution in [0.4, 0.5) is 0 Å². The molecular formula is C20H29NO2. The molecule has 23 heavy (non-hydrogen) atoms. The Balaban J connectivity index is 1.69. The number of carbonyl (C=O) groups is 1. The predicted molar refractivity (Wildman–Crippen MR) is 92.2 cm³/mol. The summed E-state index contributed by atoms with van der Waals surface area (Å²) in [6.07, 6.45) is 3.90. The first kappa shape index (κ1) is 16.7. The fourth-order valence-electron chi connectivity index (χ4n) is 4.30. The number of ketones is 1. The first-order valence-corrected chi connectivity index (χ1v) is 9.14. The number of hydrogen-bond donors (Lipinski definition) is 0. The van der Waals surface area contributed by atoms with Crippen molar-refractivity contribution >= 4 is 5.78 Å². The minimum Gasteiger partial charge on any atom is -0.378 e. The quantitative estimate of drug-likeness (QED) is 0.802. The van der Waals surface area contributed by atoms with Crippen molar-refractivity contribution in [1.29, 1.82) is 0 Å². The molecule has 2 aliphatic heterocycles. The van der Waals surface area contributed by atoms with Crippen LogP contribution in [-0.2, 0) is 16.1 Å². The molecule has 0 radical (unpaired) electrons. The predicted octanol–water partition coefficient (Wildman–Crippen LogP) is 3.67. The summed E-state index contributed by atoms with van der Waals surface area (Å²) in [6.45, 7) is 6.80. The van der Waals surface area contributed by atoms with Gasteiger partial charge in [0.1, 0.15) is 5.78 Å². The summed E-state index contributed by atoms with van der Waals surface area (Å²) in [7, 11) is 0. The van der Waals surface area contributed by atoms with Crippen molar-refractivity contribution in [3.63, 3.8) is 0 Å². The van der Waals surface area contributed by atoms with Crippen LogP contribution in [0.1, 0.15) is 45.1 Å². The third-order valence-corrected chi connectivity index (χ3v) is 5.67. The monoisotopic (exact) mass is 315 g/mol. The molecule has 2 atom stereocenters. The fourth-order valence-corrected chi connectivity index (χ4v) is 4.30. The van der Waals surface area contributed by atoms with E-state index in [1.807, 2.05) is 0 Å². The number of hydrogen-bond acceptors (Lipinski definition) is 3. The van der Waals surface area contributed by atoms with Crippen LogP contribution in [0.15, 0.2) is 30.3 Å². The van der Waals surface area contributed by atoms with Gasteiger partial charge in [-0.05, 0) is 31.2 Å². The lowest BCUT2D eigenvalue weighted by atomic mass is 9.77. The lowest BCUT2D eigenvalue weighted by Crippen LogP contribution is -2.57. The topological polar surface area (TPSA) is 29.5 Å². The van der Waals surface area contributed by atoms with Crippen molar-refractivity contribution in [2.24, 2.45) is 11.8 Å². The molecule has 0 aliphatic carbocycles. The summed E-state index contributed by atoms with van der Waals surface area (Å²) >= 11 is 0. The van der Waals surface area contributed by atoms with Crippen LogP contribution in [0.3, 0.4) is 0 Å². The smallest absolute Gasteiger partial charge is 0.139 e. The third-order valence-electron chi connectivity index (χ3n) is 5.67. The Labute approximate surface area is 140 Å². The number of rotatable bonds is 6. The molecule has 2 aliphatic rings. The van der Waals surface area contributed by atoms with Crippen molar-refractivity contribution in [3.8, 4) is 0 Å². The Morgan fingerprint density at radius 3 is 2.30 bits per heavy atom. The number of carbonyl (C=O) groups excluding carboxylic acids is 1. The lowest BCUT2D eigenvalue weighted by molar-refractivity contribution is -0.137. The Morgan fingerprint density at radius 1 is 1.13 bits per heavy atom. The lowest BCUT2D eigenvalue weighted by Gasteiger charge is -2.48. The number of benzene rings is 1. The van der Waals surface area contributed by atoms with E-state index in [2.05, 4.69) is 49.1 Å². The van der Waals surface area contributed by atoms with Gasteiger partial charge in [0, 0.05) is 30.5 Å². The van der Waals surface area contributed by atoms with Gasteiger partial charge in [-0.25, -0.2) is 0 Å². The van der Waals surface area contributed by atoms with Crippen LogP contribution >= 0.6 is 0 Å². The van der Waals surface area contributed by atoms with Crippen molar-refractivity contribution in [1.82, 2.24) is 4.90 Å². The molecule has 2 unspecified atom stereocenters. The van der Waals surface area contributed by atoms with Gasteiger partial charge in [0.2, 0.25) is 0 Å². The van der Waals surface area contributed by atoms with Crippen molar-refractivity contribution in [3.05, 3.63) is 35.9 Å². The second kappa shape index (κ2) is 7.59. The number of nitrogens with zero attached hydrogens (tertiary/aromatic N) is 1. The summed E-state index contributed by atoms with van der Waals surface area (Å²) in [5, 5.41) is 0. The largest absolute Gasteiger partial charge is 0.378 e. The van der Waals surface area contributed by atoms with Gasteiger partial charge in [-0.2, -0.15) is 0 Å². The van der Waals surface area contributed by atoms with Crippen LogP contribution in [-0.4, -0.2) is 36.0 Å². The zero-order valence-corrected chi connectivity index (χ0v) is 14.4. The van der Waals surface area contributed by atoms with E-state index in [4.69, 9.17) is 4.74 Å². The maximum absolute atomic E-state index is 12.8. The van der Waals surface area contributed by atoms with Gasteiger partial charge in [0.25, 0.3) is 0 Å². The van der Waals surface area contributed by atoms with Crippen molar-refractivity contribution in [2.75, 3.05) is 13.2 Å². The molecule has 0 saturated carbocycles. The zero-order valence-electron chi connectivity index (χ0n) is 14.4. The van der Waals surface area contributed by atoms with Crippen LogP contribution in [0, 0.1) is 11.8 Å². The van der Waals surface area contributed by atoms with E-state index < -0.39 is 0 Å². The highest BCUT2D eigenvalue weighted by Crippen LogP contribution is 2.35. The van der Waals surface area contributed by atoms with E-state index in [9.17, 15) is 4.79 Å². The van der Waals surface area contributed by atoms with Gasteiger partial charge in [-0.3, -0.25) is 9.69 Å². The van der Waals surface area contributed by atoms with Gasteiger partial charge in [0.05, 0.1) is 13.2 Å². The van der Waals surface area contributed by atoms with Crippen molar-refractivity contribution < 1.29 is 9.53 Å². The molecule has 2 bridgehead atoms. The van der Waals surface area contributed by atoms with Crippen LogP contribution < -0.4 is 0 Å². The van der Waals surface area contributed by atoms with E-state index in [0.717, 1.165) is 45.4 Å². The van der Waals surface area contributed by atoms with Gasteiger partial charge >= 0.3 is 0 Å². The van der Waals surface area contributed by atoms with Gasteiger partial charge in [-0.1, -0.05) is 44.2 Å². The van der Waals surface area contributed by atoms with Crippen LogP contribution in [0.5, 0.6) is 0 Å². The highest BCUT2D eigenvalue weighted by Gasteiger charge is 2.42. The summed E-state index contributed by atoms with van der Waals surface area (Å²) < 4.78 is 5.79. The molecule has 3 heteroatoms. The summed E-state index contributed by atoms with van der Waals surface area (Å²) in [4.78, 5) is 15.4. The van der Waals surface area contributed by atoms with E-state index in [1.165, 1.54) is 5.56 Å². The average Bonchev–Trinajstić information content (AvgIpc) is 2.56. The maximum atomic E-state index is 12.8. The molecule has 2 fully saturated rings. The Bertz CT molecular complexity index is 498. The van der Waals surface area contributed by atoms with Gasteiger partial charge in [0.15, 0.2) is 0 Å². The molecule has 0 N–H and O–H groups in total. The Hall–Kier alpha value is -1.19. The molecule has 3 nitrogen and oxygen atoms in total.